The first-order chi connectivity index (χ1) is 12.7. The van der Waals surface area contributed by atoms with Crippen LogP contribution in [0.25, 0.3) is 11.4 Å². The van der Waals surface area contributed by atoms with E-state index in [0.717, 1.165) is 18.2 Å². The number of alkyl halides is 3. The van der Waals surface area contributed by atoms with Gasteiger partial charge in [-0.15, -0.1) is 0 Å². The van der Waals surface area contributed by atoms with Gasteiger partial charge in [-0.1, -0.05) is 17.7 Å². The number of hydrogen-bond donors (Lipinski definition) is 1. The summed E-state index contributed by atoms with van der Waals surface area (Å²) in [6, 6.07) is 5.28. The average molecular weight is 401 g/mol. The van der Waals surface area contributed by atoms with Gasteiger partial charge in [0.15, 0.2) is 5.82 Å². The van der Waals surface area contributed by atoms with Crippen molar-refractivity contribution in [2.45, 2.75) is 12.7 Å². The second kappa shape index (κ2) is 7.43. The molecule has 27 heavy (non-hydrogen) atoms. The molecule has 2 heterocycles. The summed E-state index contributed by atoms with van der Waals surface area (Å²) in [6.07, 6.45) is -2.71. The van der Waals surface area contributed by atoms with Gasteiger partial charge in [-0.2, -0.15) is 13.2 Å². The Balaban J connectivity index is 1.86. The van der Waals surface area contributed by atoms with Crippen molar-refractivity contribution in [3.8, 4) is 11.4 Å². The zero-order valence-electron chi connectivity index (χ0n) is 13.4. The zero-order chi connectivity index (χ0) is 19.6. The highest BCUT2D eigenvalue weighted by atomic mass is 35.5. The quantitative estimate of drug-likeness (QED) is 0.489. The Morgan fingerprint density at radius 1 is 1.00 bits per heavy atom. The number of rotatable bonds is 4. The molecule has 0 fully saturated rings. The number of benzene rings is 1. The lowest BCUT2D eigenvalue weighted by atomic mass is 10.2. The molecule has 140 valence electrons. The van der Waals surface area contributed by atoms with Gasteiger partial charge >= 0.3 is 6.18 Å². The average Bonchev–Trinajstić information content (AvgIpc) is 2.60. The van der Waals surface area contributed by atoms with Crippen molar-refractivity contribution in [3.63, 3.8) is 0 Å². The number of anilines is 1. The largest absolute Gasteiger partial charge is 0.417 e. The molecular formula is C17H10ClF5N4. The summed E-state index contributed by atoms with van der Waals surface area (Å²) in [5, 5.41) is 2.75. The summed E-state index contributed by atoms with van der Waals surface area (Å²) in [5.74, 6) is -1.38. The molecule has 0 aliphatic heterocycles. The predicted octanol–water partition coefficient (Wildman–Crippen LogP) is 5.10. The van der Waals surface area contributed by atoms with Crippen molar-refractivity contribution in [3.05, 3.63) is 70.6 Å². The van der Waals surface area contributed by atoms with Gasteiger partial charge in [0.25, 0.3) is 0 Å². The second-order valence-corrected chi connectivity index (χ2v) is 5.84. The van der Waals surface area contributed by atoms with Gasteiger partial charge in [-0.3, -0.25) is 4.98 Å². The maximum absolute atomic E-state index is 13.7. The summed E-state index contributed by atoms with van der Waals surface area (Å²) in [6.45, 7) is -0.0419. The smallest absolute Gasteiger partial charge is 0.366 e. The number of halogens is 6. The highest BCUT2D eigenvalue weighted by Crippen LogP contribution is 2.31. The lowest BCUT2D eigenvalue weighted by Gasteiger charge is -2.10. The Labute approximate surface area is 155 Å². The van der Waals surface area contributed by atoms with E-state index in [1.807, 2.05) is 0 Å². The Bertz CT molecular complexity index is 978. The van der Waals surface area contributed by atoms with Crippen LogP contribution >= 0.6 is 11.6 Å². The van der Waals surface area contributed by atoms with Gasteiger partial charge in [0, 0.05) is 42.2 Å². The van der Waals surface area contributed by atoms with E-state index >= 15 is 0 Å². The van der Waals surface area contributed by atoms with E-state index in [0.29, 0.717) is 6.20 Å². The topological polar surface area (TPSA) is 50.7 Å². The second-order valence-electron chi connectivity index (χ2n) is 5.45. The number of aromatic nitrogens is 3. The number of nitrogens with one attached hydrogen (secondary N) is 1. The molecule has 0 aliphatic rings. The van der Waals surface area contributed by atoms with Crippen molar-refractivity contribution < 1.29 is 22.0 Å². The molecule has 0 saturated heterocycles. The molecule has 0 unspecified atom stereocenters. The fraction of sp³-hybridized carbons (Fsp3) is 0.118. The summed E-state index contributed by atoms with van der Waals surface area (Å²) >= 11 is 5.91. The molecule has 2 aromatic heterocycles. The number of pyridine rings is 1. The Kier molecular flexibility index (Phi) is 5.22. The summed E-state index contributed by atoms with van der Waals surface area (Å²) in [7, 11) is 0. The third-order valence-electron chi connectivity index (χ3n) is 3.49. The van der Waals surface area contributed by atoms with E-state index in [1.165, 1.54) is 18.3 Å². The first kappa shape index (κ1) is 19.0. The van der Waals surface area contributed by atoms with Gasteiger partial charge in [0.05, 0.1) is 5.56 Å². The summed E-state index contributed by atoms with van der Waals surface area (Å²) in [4.78, 5) is 11.5. The summed E-state index contributed by atoms with van der Waals surface area (Å²) in [5.41, 5.74) is -0.761. The van der Waals surface area contributed by atoms with Crippen LogP contribution in [0, 0.1) is 11.6 Å². The van der Waals surface area contributed by atoms with Gasteiger partial charge < -0.3 is 5.32 Å². The van der Waals surface area contributed by atoms with Crippen LogP contribution in [0.1, 0.15) is 11.1 Å². The molecule has 1 aromatic carbocycles. The molecule has 1 N–H and O–H groups in total. The minimum atomic E-state index is -4.57. The summed E-state index contributed by atoms with van der Waals surface area (Å²) < 4.78 is 65.1. The fourth-order valence-corrected chi connectivity index (χ4v) is 2.39. The normalized spacial score (nSPS) is 11.5. The van der Waals surface area contributed by atoms with Crippen LogP contribution < -0.4 is 5.32 Å². The molecular weight excluding hydrogens is 391 g/mol. The third kappa shape index (κ3) is 4.68. The molecule has 0 aliphatic carbocycles. The molecule has 4 nitrogen and oxygen atoms in total. The van der Waals surface area contributed by atoms with Crippen LogP contribution in [-0.4, -0.2) is 15.0 Å². The predicted molar refractivity (Wildman–Crippen MR) is 89.0 cm³/mol. The van der Waals surface area contributed by atoms with Gasteiger partial charge in [0.1, 0.15) is 22.6 Å². The SMILES string of the molecule is Fc1ccc(CNc2cc(Cl)nc(-c3cncc(C(F)(F)F)c3)n2)c(F)c1. The zero-order valence-corrected chi connectivity index (χ0v) is 14.1. The fourth-order valence-electron chi connectivity index (χ4n) is 2.21. The molecule has 0 spiro atoms. The van der Waals surface area contributed by atoms with Crippen LogP contribution in [0.5, 0.6) is 0 Å². The molecule has 0 amide bonds. The maximum Gasteiger partial charge on any atom is 0.417 e. The van der Waals surface area contributed by atoms with Crippen molar-refractivity contribution in [2.75, 3.05) is 5.32 Å². The molecule has 0 radical (unpaired) electrons. The van der Waals surface area contributed by atoms with Crippen molar-refractivity contribution in [1.29, 1.82) is 0 Å². The molecule has 3 rings (SSSR count). The standard InChI is InChI=1S/C17H10ClF5N4/c18-14-5-15(25-7-9-1-2-12(19)4-13(9)20)27-16(26-14)10-3-11(8-24-6-10)17(21,22)23/h1-6,8H,7H2,(H,25,26,27). The minimum absolute atomic E-state index is 0.0170. The van der Waals surface area contributed by atoms with Crippen LogP contribution in [0.3, 0.4) is 0 Å². The van der Waals surface area contributed by atoms with Crippen LogP contribution in [0.2, 0.25) is 5.15 Å². The monoisotopic (exact) mass is 400 g/mol. The van der Waals surface area contributed by atoms with E-state index < -0.39 is 23.4 Å². The highest BCUT2D eigenvalue weighted by Gasteiger charge is 2.31. The Morgan fingerprint density at radius 3 is 2.48 bits per heavy atom. The van der Waals surface area contributed by atoms with Gasteiger partial charge in [0.2, 0.25) is 0 Å². The van der Waals surface area contributed by atoms with Crippen LogP contribution in [0.4, 0.5) is 27.8 Å². The van der Waals surface area contributed by atoms with E-state index in [1.54, 1.807) is 0 Å². The molecule has 10 heteroatoms. The minimum Gasteiger partial charge on any atom is -0.366 e. The van der Waals surface area contributed by atoms with E-state index in [9.17, 15) is 22.0 Å². The van der Waals surface area contributed by atoms with Crippen LogP contribution in [-0.2, 0) is 12.7 Å². The third-order valence-corrected chi connectivity index (χ3v) is 3.69. The van der Waals surface area contributed by atoms with Crippen molar-refractivity contribution >= 4 is 17.4 Å². The van der Waals surface area contributed by atoms with Crippen LogP contribution in [0.15, 0.2) is 42.7 Å². The van der Waals surface area contributed by atoms with E-state index in [2.05, 4.69) is 20.3 Å². The molecule has 3 aromatic rings. The first-order valence-electron chi connectivity index (χ1n) is 7.47. The maximum atomic E-state index is 13.7. The van der Waals surface area contributed by atoms with Gasteiger partial charge in [-0.25, -0.2) is 18.7 Å². The molecule has 0 saturated carbocycles. The highest BCUT2D eigenvalue weighted by molar-refractivity contribution is 6.29. The molecule has 0 bridgehead atoms. The lowest BCUT2D eigenvalue weighted by molar-refractivity contribution is -0.137. The Morgan fingerprint density at radius 2 is 1.78 bits per heavy atom. The van der Waals surface area contributed by atoms with Gasteiger partial charge in [-0.05, 0) is 12.1 Å². The molecule has 0 atom stereocenters. The number of hydrogen-bond acceptors (Lipinski definition) is 4. The lowest BCUT2D eigenvalue weighted by Crippen LogP contribution is -2.07. The van der Waals surface area contributed by atoms with E-state index in [-0.39, 0.29) is 34.5 Å². The van der Waals surface area contributed by atoms with E-state index in [4.69, 9.17) is 11.6 Å². The van der Waals surface area contributed by atoms with Crippen molar-refractivity contribution in [1.82, 2.24) is 15.0 Å². The van der Waals surface area contributed by atoms with Crippen molar-refractivity contribution in [2.24, 2.45) is 0 Å². The number of nitrogens with zero attached hydrogens (tertiary/aromatic N) is 3. The Hall–Kier alpha value is -2.81. The first-order valence-corrected chi connectivity index (χ1v) is 7.85.